The summed E-state index contributed by atoms with van der Waals surface area (Å²) in [5, 5.41) is 5.35. The van der Waals surface area contributed by atoms with Crippen molar-refractivity contribution in [1.82, 2.24) is 0 Å². The molecule has 0 spiro atoms. The number of nitrogens with one attached hydrogen (secondary N) is 2. The number of halogens is 1. The minimum absolute atomic E-state index is 0.0946. The minimum atomic E-state index is -0.629. The first-order chi connectivity index (χ1) is 13.1. The van der Waals surface area contributed by atoms with Crippen LogP contribution in [0.15, 0.2) is 72.8 Å². The number of ether oxygens (including phenoxy) is 1. The second-order valence-corrected chi connectivity index (χ2v) is 5.66. The first-order valence-electron chi connectivity index (χ1n) is 8.19. The second-order valence-electron chi connectivity index (χ2n) is 5.66. The van der Waals surface area contributed by atoms with Gasteiger partial charge in [-0.1, -0.05) is 24.3 Å². The molecule has 0 aliphatic heterocycles. The monoisotopic (exact) mass is 364 g/mol. The highest BCUT2D eigenvalue weighted by Gasteiger charge is 2.16. The van der Waals surface area contributed by atoms with E-state index in [1.54, 1.807) is 61.7 Å². The first-order valence-corrected chi connectivity index (χ1v) is 8.19. The van der Waals surface area contributed by atoms with Crippen LogP contribution in [0.1, 0.15) is 20.7 Å². The molecular formula is C21H17FN2O3. The van der Waals surface area contributed by atoms with Gasteiger partial charge in [-0.05, 0) is 48.5 Å². The number of benzene rings is 3. The average Bonchev–Trinajstić information content (AvgIpc) is 2.69. The lowest BCUT2D eigenvalue weighted by Crippen LogP contribution is -2.19. The number of rotatable bonds is 5. The van der Waals surface area contributed by atoms with Crippen LogP contribution < -0.4 is 15.4 Å². The summed E-state index contributed by atoms with van der Waals surface area (Å²) in [6.45, 7) is 0. The van der Waals surface area contributed by atoms with Crippen LogP contribution in [0.25, 0.3) is 0 Å². The topological polar surface area (TPSA) is 67.4 Å². The summed E-state index contributed by atoms with van der Waals surface area (Å²) >= 11 is 0. The largest absolute Gasteiger partial charge is 0.497 e. The Morgan fingerprint density at radius 1 is 0.778 bits per heavy atom. The van der Waals surface area contributed by atoms with E-state index in [1.807, 2.05) is 0 Å². The van der Waals surface area contributed by atoms with Crippen LogP contribution in [0, 0.1) is 5.82 Å². The highest BCUT2D eigenvalue weighted by atomic mass is 19.1. The molecule has 27 heavy (non-hydrogen) atoms. The number of carbonyl (C=O) groups excluding carboxylic acids is 2. The standard InChI is InChI=1S/C21H17FN2O3/c1-27-15-12-10-14(11-13-15)23-21(26)17-7-3-5-9-19(17)24-20(25)16-6-2-4-8-18(16)22/h2-13H,1H3,(H,23,26)(H,24,25). The second kappa shape index (κ2) is 8.14. The molecule has 0 atom stereocenters. The molecule has 0 aromatic heterocycles. The Kier molecular flexibility index (Phi) is 5.47. The maximum atomic E-state index is 13.8. The molecule has 0 saturated heterocycles. The van der Waals surface area contributed by atoms with Crippen LogP contribution in [0.3, 0.4) is 0 Å². The van der Waals surface area contributed by atoms with Crippen molar-refractivity contribution in [1.29, 1.82) is 0 Å². The summed E-state index contributed by atoms with van der Waals surface area (Å²) in [6, 6.07) is 19.0. The molecule has 5 nitrogen and oxygen atoms in total. The Morgan fingerprint density at radius 2 is 1.37 bits per heavy atom. The van der Waals surface area contributed by atoms with E-state index < -0.39 is 17.6 Å². The molecule has 0 fully saturated rings. The molecule has 0 saturated carbocycles. The Hall–Kier alpha value is -3.67. The quantitative estimate of drug-likeness (QED) is 0.708. The fourth-order valence-electron chi connectivity index (χ4n) is 2.50. The van der Waals surface area contributed by atoms with Gasteiger partial charge in [0.25, 0.3) is 11.8 Å². The molecule has 6 heteroatoms. The van der Waals surface area contributed by atoms with Crippen molar-refractivity contribution in [2.24, 2.45) is 0 Å². The fourth-order valence-corrected chi connectivity index (χ4v) is 2.50. The van der Waals surface area contributed by atoms with E-state index in [9.17, 15) is 14.0 Å². The summed E-state index contributed by atoms with van der Waals surface area (Å²) in [5.41, 5.74) is 1.04. The van der Waals surface area contributed by atoms with E-state index in [4.69, 9.17) is 4.74 Å². The number of anilines is 2. The lowest BCUT2D eigenvalue weighted by molar-refractivity contribution is 0.102. The van der Waals surface area contributed by atoms with Gasteiger partial charge in [-0.3, -0.25) is 9.59 Å². The summed E-state index contributed by atoms with van der Waals surface area (Å²) in [7, 11) is 1.56. The number of carbonyl (C=O) groups is 2. The maximum absolute atomic E-state index is 13.8. The Bertz CT molecular complexity index is 971. The van der Waals surface area contributed by atoms with Crippen LogP contribution in [-0.2, 0) is 0 Å². The molecule has 3 aromatic rings. The number of para-hydroxylation sites is 1. The molecule has 0 radical (unpaired) electrons. The predicted molar refractivity (Wildman–Crippen MR) is 102 cm³/mol. The highest BCUT2D eigenvalue weighted by Crippen LogP contribution is 2.20. The van der Waals surface area contributed by atoms with E-state index in [2.05, 4.69) is 10.6 Å². The zero-order chi connectivity index (χ0) is 19.2. The van der Waals surface area contributed by atoms with Gasteiger partial charge in [0.15, 0.2) is 0 Å². The van der Waals surface area contributed by atoms with Gasteiger partial charge in [-0.2, -0.15) is 0 Å². The van der Waals surface area contributed by atoms with Gasteiger partial charge in [0.1, 0.15) is 11.6 Å². The minimum Gasteiger partial charge on any atom is -0.497 e. The first kappa shape index (κ1) is 18.1. The lowest BCUT2D eigenvalue weighted by Gasteiger charge is -2.12. The Balaban J connectivity index is 1.79. The SMILES string of the molecule is COc1ccc(NC(=O)c2ccccc2NC(=O)c2ccccc2F)cc1. The molecule has 136 valence electrons. The summed E-state index contributed by atoms with van der Waals surface area (Å²) in [6.07, 6.45) is 0. The van der Waals surface area contributed by atoms with Crippen molar-refractivity contribution in [2.75, 3.05) is 17.7 Å². The molecule has 3 rings (SSSR count). The molecule has 0 unspecified atom stereocenters. The summed E-state index contributed by atoms with van der Waals surface area (Å²) in [4.78, 5) is 24.9. The predicted octanol–water partition coefficient (Wildman–Crippen LogP) is 4.34. The smallest absolute Gasteiger partial charge is 0.258 e. The van der Waals surface area contributed by atoms with Crippen molar-refractivity contribution in [2.45, 2.75) is 0 Å². The van der Waals surface area contributed by atoms with Crippen LogP contribution in [0.2, 0.25) is 0 Å². The molecule has 0 heterocycles. The zero-order valence-electron chi connectivity index (χ0n) is 14.5. The molecular weight excluding hydrogens is 347 g/mol. The molecule has 3 aromatic carbocycles. The van der Waals surface area contributed by atoms with Crippen molar-refractivity contribution >= 4 is 23.2 Å². The Labute approximate surface area is 155 Å². The molecule has 0 aliphatic carbocycles. The van der Waals surface area contributed by atoms with Crippen LogP contribution in [-0.4, -0.2) is 18.9 Å². The lowest BCUT2D eigenvalue weighted by atomic mass is 10.1. The maximum Gasteiger partial charge on any atom is 0.258 e. The van der Waals surface area contributed by atoms with Crippen molar-refractivity contribution in [3.63, 3.8) is 0 Å². The van der Waals surface area contributed by atoms with E-state index >= 15 is 0 Å². The van der Waals surface area contributed by atoms with Gasteiger partial charge in [-0.25, -0.2) is 4.39 Å². The van der Waals surface area contributed by atoms with Gasteiger partial charge in [0.05, 0.1) is 23.9 Å². The van der Waals surface area contributed by atoms with Crippen molar-refractivity contribution < 1.29 is 18.7 Å². The molecule has 0 bridgehead atoms. The zero-order valence-corrected chi connectivity index (χ0v) is 14.5. The van der Waals surface area contributed by atoms with E-state index in [1.165, 1.54) is 18.2 Å². The van der Waals surface area contributed by atoms with Crippen molar-refractivity contribution in [3.8, 4) is 5.75 Å². The fraction of sp³-hybridized carbons (Fsp3) is 0.0476. The third-order valence-electron chi connectivity index (χ3n) is 3.89. The average molecular weight is 364 g/mol. The van der Waals surface area contributed by atoms with Gasteiger partial charge < -0.3 is 15.4 Å². The van der Waals surface area contributed by atoms with E-state index in [0.29, 0.717) is 11.4 Å². The summed E-state index contributed by atoms with van der Waals surface area (Å²) < 4.78 is 18.9. The molecule has 0 aliphatic rings. The van der Waals surface area contributed by atoms with Crippen LogP contribution >= 0.6 is 0 Å². The van der Waals surface area contributed by atoms with Crippen LogP contribution in [0.5, 0.6) is 5.75 Å². The van der Waals surface area contributed by atoms with Gasteiger partial charge in [0.2, 0.25) is 0 Å². The van der Waals surface area contributed by atoms with Crippen molar-refractivity contribution in [3.05, 3.63) is 89.7 Å². The van der Waals surface area contributed by atoms with E-state index in [-0.39, 0.29) is 16.8 Å². The Morgan fingerprint density at radius 3 is 2.04 bits per heavy atom. The van der Waals surface area contributed by atoms with E-state index in [0.717, 1.165) is 0 Å². The number of amides is 2. The third kappa shape index (κ3) is 4.30. The number of methoxy groups -OCH3 is 1. The molecule has 2 N–H and O–H groups in total. The molecule has 2 amide bonds. The number of hydrogen-bond acceptors (Lipinski definition) is 3. The summed E-state index contributed by atoms with van der Waals surface area (Å²) in [5.74, 6) is -0.983. The third-order valence-corrected chi connectivity index (χ3v) is 3.89. The van der Waals surface area contributed by atoms with Gasteiger partial charge in [0, 0.05) is 5.69 Å². The highest BCUT2D eigenvalue weighted by molar-refractivity contribution is 6.12. The number of hydrogen-bond donors (Lipinski definition) is 2. The van der Waals surface area contributed by atoms with Gasteiger partial charge >= 0.3 is 0 Å². The van der Waals surface area contributed by atoms with Gasteiger partial charge in [-0.15, -0.1) is 0 Å². The normalized spacial score (nSPS) is 10.1. The van der Waals surface area contributed by atoms with Crippen LogP contribution in [0.4, 0.5) is 15.8 Å².